The Balaban J connectivity index is 2.21. The lowest BCUT2D eigenvalue weighted by atomic mass is 9.84. The molecule has 1 aliphatic rings. The highest BCUT2D eigenvalue weighted by molar-refractivity contribution is 4.78. The van der Waals surface area contributed by atoms with Gasteiger partial charge in [-0.15, -0.1) is 0 Å². The van der Waals surface area contributed by atoms with Gasteiger partial charge < -0.3 is 14.7 Å². The zero-order chi connectivity index (χ0) is 12.7. The fourth-order valence-corrected chi connectivity index (χ4v) is 2.78. The van der Waals surface area contributed by atoms with E-state index >= 15 is 0 Å². The lowest BCUT2D eigenvalue weighted by Crippen LogP contribution is -2.41. The summed E-state index contributed by atoms with van der Waals surface area (Å²) in [5.74, 6) is 0.938. The summed E-state index contributed by atoms with van der Waals surface area (Å²) in [4.78, 5) is 2.32. The Morgan fingerprint density at radius 3 is 2.41 bits per heavy atom. The largest absolute Gasteiger partial charge is 0.389 e. The summed E-state index contributed by atoms with van der Waals surface area (Å²) in [6, 6.07) is 0.661. The summed E-state index contributed by atoms with van der Waals surface area (Å²) < 4.78 is 5.24. The first-order chi connectivity index (χ1) is 8.17. The Kier molecular flexibility index (Phi) is 7.09. The minimum atomic E-state index is -0.344. The van der Waals surface area contributed by atoms with Gasteiger partial charge in [0.1, 0.15) is 0 Å². The summed E-state index contributed by atoms with van der Waals surface area (Å²) in [6.07, 6.45) is 6.26. The van der Waals surface area contributed by atoms with Crippen molar-refractivity contribution < 1.29 is 9.84 Å². The molecule has 1 saturated carbocycles. The maximum atomic E-state index is 9.81. The number of ether oxygens (including phenoxy) is 1. The van der Waals surface area contributed by atoms with Crippen LogP contribution in [0.1, 0.15) is 46.0 Å². The van der Waals surface area contributed by atoms with E-state index in [1.165, 1.54) is 32.1 Å². The molecule has 102 valence electrons. The lowest BCUT2D eigenvalue weighted by Gasteiger charge is -2.35. The number of nitrogens with zero attached hydrogens (tertiary/aromatic N) is 1. The zero-order valence-corrected chi connectivity index (χ0v) is 11.7. The highest BCUT2D eigenvalue weighted by Crippen LogP contribution is 2.28. The summed E-state index contributed by atoms with van der Waals surface area (Å²) in [7, 11) is 2.13. The summed E-state index contributed by atoms with van der Waals surface area (Å²) in [6.45, 7) is 6.14. The molecular formula is C14H29NO2. The molecule has 0 aromatic heterocycles. The van der Waals surface area contributed by atoms with Crippen LogP contribution in [0, 0.1) is 5.92 Å². The first-order valence-corrected chi connectivity index (χ1v) is 7.13. The molecule has 1 atom stereocenters. The Bertz CT molecular complexity index is 191. The highest BCUT2D eigenvalue weighted by Gasteiger charge is 2.24. The van der Waals surface area contributed by atoms with E-state index in [4.69, 9.17) is 4.74 Å². The van der Waals surface area contributed by atoms with E-state index in [-0.39, 0.29) is 6.10 Å². The average Bonchev–Trinajstić information content (AvgIpc) is 2.36. The first kappa shape index (κ1) is 14.9. The molecule has 1 rings (SSSR count). The van der Waals surface area contributed by atoms with Crippen molar-refractivity contribution >= 4 is 0 Å². The topological polar surface area (TPSA) is 32.7 Å². The molecule has 0 radical (unpaired) electrons. The third kappa shape index (κ3) is 5.36. The zero-order valence-electron chi connectivity index (χ0n) is 11.7. The summed E-state index contributed by atoms with van der Waals surface area (Å²) in [5, 5.41) is 9.81. The number of aliphatic hydroxyl groups is 1. The summed E-state index contributed by atoms with van der Waals surface area (Å²) in [5.41, 5.74) is 0. The molecule has 0 spiro atoms. The highest BCUT2D eigenvalue weighted by atomic mass is 16.5. The Morgan fingerprint density at radius 1 is 1.24 bits per heavy atom. The van der Waals surface area contributed by atoms with E-state index in [1.807, 2.05) is 6.92 Å². The van der Waals surface area contributed by atoms with Crippen LogP contribution in [0.25, 0.3) is 0 Å². The Hall–Kier alpha value is -0.120. The number of hydrogen-bond donors (Lipinski definition) is 1. The molecule has 0 saturated heterocycles. The van der Waals surface area contributed by atoms with Crippen LogP contribution in [0.3, 0.4) is 0 Å². The van der Waals surface area contributed by atoms with Crippen molar-refractivity contribution in [3.05, 3.63) is 0 Å². The molecule has 1 aliphatic carbocycles. The third-order valence-corrected chi connectivity index (χ3v) is 4.03. The minimum absolute atomic E-state index is 0.344. The van der Waals surface area contributed by atoms with Gasteiger partial charge in [-0.1, -0.05) is 13.3 Å². The predicted octanol–water partition coefficient (Wildman–Crippen LogP) is 2.28. The number of likely N-dealkylation sites (N-methyl/N-ethyl adjacent to an activating group) is 1. The molecule has 0 aromatic carbocycles. The first-order valence-electron chi connectivity index (χ1n) is 7.13. The van der Waals surface area contributed by atoms with Crippen LogP contribution in [-0.4, -0.2) is 49.0 Å². The number of hydrogen-bond acceptors (Lipinski definition) is 3. The molecule has 0 amide bonds. The maximum Gasteiger partial charge on any atom is 0.0900 e. The molecule has 1 unspecified atom stereocenters. The fraction of sp³-hybridized carbons (Fsp3) is 1.00. The van der Waals surface area contributed by atoms with Crippen molar-refractivity contribution in [2.75, 3.05) is 26.8 Å². The van der Waals surface area contributed by atoms with Crippen LogP contribution < -0.4 is 0 Å². The Labute approximate surface area is 106 Å². The van der Waals surface area contributed by atoms with Crippen molar-refractivity contribution in [1.82, 2.24) is 4.90 Å². The van der Waals surface area contributed by atoms with Crippen molar-refractivity contribution in [3.63, 3.8) is 0 Å². The molecule has 0 aliphatic heterocycles. The maximum absolute atomic E-state index is 9.81. The number of rotatable bonds is 7. The molecule has 0 aromatic rings. The van der Waals surface area contributed by atoms with E-state index < -0.39 is 0 Å². The van der Waals surface area contributed by atoms with Crippen molar-refractivity contribution in [3.8, 4) is 0 Å². The molecule has 17 heavy (non-hydrogen) atoms. The van der Waals surface area contributed by atoms with Gasteiger partial charge in [0.25, 0.3) is 0 Å². The van der Waals surface area contributed by atoms with Gasteiger partial charge in [-0.3, -0.25) is 0 Å². The molecule has 3 heteroatoms. The van der Waals surface area contributed by atoms with Crippen LogP contribution in [-0.2, 0) is 4.74 Å². The fourth-order valence-electron chi connectivity index (χ4n) is 2.78. The van der Waals surface area contributed by atoms with Crippen LogP contribution in [0.5, 0.6) is 0 Å². The standard InChI is InChI=1S/C14H29NO2/c1-4-12-6-8-13(9-7-12)15(3)10-14(16)11-17-5-2/h12-14,16H,4-11H2,1-3H3. The second kappa shape index (κ2) is 8.06. The summed E-state index contributed by atoms with van der Waals surface area (Å²) >= 11 is 0. The van der Waals surface area contributed by atoms with Gasteiger partial charge >= 0.3 is 0 Å². The van der Waals surface area contributed by atoms with Crippen molar-refractivity contribution in [2.45, 2.75) is 58.1 Å². The SMILES string of the molecule is CCOCC(O)CN(C)C1CCC(CC)CC1. The normalized spacial score (nSPS) is 27.4. The van der Waals surface area contributed by atoms with Gasteiger partial charge in [0, 0.05) is 19.2 Å². The quantitative estimate of drug-likeness (QED) is 0.744. The van der Waals surface area contributed by atoms with Crippen LogP contribution in [0.2, 0.25) is 0 Å². The van der Waals surface area contributed by atoms with E-state index in [2.05, 4.69) is 18.9 Å². The van der Waals surface area contributed by atoms with Crippen LogP contribution in [0.4, 0.5) is 0 Å². The van der Waals surface area contributed by atoms with Gasteiger partial charge in [0.15, 0.2) is 0 Å². The van der Waals surface area contributed by atoms with Gasteiger partial charge in [0.2, 0.25) is 0 Å². The average molecular weight is 243 g/mol. The molecule has 1 fully saturated rings. The van der Waals surface area contributed by atoms with Gasteiger partial charge in [-0.05, 0) is 45.6 Å². The second-order valence-corrected chi connectivity index (χ2v) is 5.34. The monoisotopic (exact) mass is 243 g/mol. The lowest BCUT2D eigenvalue weighted by molar-refractivity contribution is 0.0135. The molecular weight excluding hydrogens is 214 g/mol. The second-order valence-electron chi connectivity index (χ2n) is 5.34. The van der Waals surface area contributed by atoms with Gasteiger partial charge in [-0.25, -0.2) is 0 Å². The van der Waals surface area contributed by atoms with Gasteiger partial charge in [0.05, 0.1) is 12.7 Å². The predicted molar refractivity (Wildman–Crippen MR) is 71.2 cm³/mol. The van der Waals surface area contributed by atoms with E-state index in [0.717, 1.165) is 12.5 Å². The Morgan fingerprint density at radius 2 is 1.88 bits per heavy atom. The van der Waals surface area contributed by atoms with Crippen LogP contribution >= 0.6 is 0 Å². The molecule has 0 heterocycles. The molecule has 0 bridgehead atoms. The smallest absolute Gasteiger partial charge is 0.0900 e. The van der Waals surface area contributed by atoms with Crippen molar-refractivity contribution in [2.24, 2.45) is 5.92 Å². The van der Waals surface area contributed by atoms with Crippen LogP contribution in [0.15, 0.2) is 0 Å². The molecule has 3 nitrogen and oxygen atoms in total. The number of aliphatic hydroxyl groups excluding tert-OH is 1. The van der Waals surface area contributed by atoms with Crippen molar-refractivity contribution in [1.29, 1.82) is 0 Å². The van der Waals surface area contributed by atoms with E-state index in [0.29, 0.717) is 19.3 Å². The minimum Gasteiger partial charge on any atom is -0.389 e. The van der Waals surface area contributed by atoms with E-state index in [9.17, 15) is 5.11 Å². The molecule has 1 N–H and O–H groups in total. The van der Waals surface area contributed by atoms with Gasteiger partial charge in [-0.2, -0.15) is 0 Å². The third-order valence-electron chi connectivity index (χ3n) is 4.03. The van der Waals surface area contributed by atoms with E-state index in [1.54, 1.807) is 0 Å².